The minimum atomic E-state index is -1.12. The van der Waals surface area contributed by atoms with Gasteiger partial charge in [-0.1, -0.05) is 13.2 Å². The van der Waals surface area contributed by atoms with Crippen molar-refractivity contribution in [3.63, 3.8) is 0 Å². The zero-order valence-electron chi connectivity index (χ0n) is 18.8. The maximum Gasteiger partial charge on any atom is 0.407 e. The molecule has 34 heavy (non-hydrogen) atoms. The van der Waals surface area contributed by atoms with Crippen molar-refractivity contribution in [2.75, 3.05) is 32.9 Å². The molecule has 0 aliphatic heterocycles. The van der Waals surface area contributed by atoms with Crippen LogP contribution in [0.5, 0.6) is 0 Å². The number of amides is 1. The third kappa shape index (κ3) is 14.8. The molecule has 0 saturated carbocycles. The lowest BCUT2D eigenvalue weighted by Crippen LogP contribution is -2.37. The van der Waals surface area contributed by atoms with E-state index in [0.717, 1.165) is 6.08 Å². The highest BCUT2D eigenvalue weighted by molar-refractivity contribution is 5.87. The van der Waals surface area contributed by atoms with E-state index < -0.39 is 49.4 Å². The Labute approximate surface area is 195 Å². The van der Waals surface area contributed by atoms with Crippen molar-refractivity contribution in [3.05, 3.63) is 24.8 Å². The van der Waals surface area contributed by atoms with Crippen LogP contribution in [0.25, 0.3) is 0 Å². The van der Waals surface area contributed by atoms with Gasteiger partial charge in [0.1, 0.15) is 19.8 Å². The van der Waals surface area contributed by atoms with Crippen LogP contribution in [0.1, 0.15) is 26.2 Å². The number of unbranched alkanes of at least 4 members (excludes halogenated alkanes) is 1. The van der Waals surface area contributed by atoms with Crippen molar-refractivity contribution in [1.82, 2.24) is 5.32 Å². The summed E-state index contributed by atoms with van der Waals surface area (Å²) in [7, 11) is 0. The van der Waals surface area contributed by atoms with Gasteiger partial charge in [-0.3, -0.25) is 0 Å². The molecule has 2 atom stereocenters. The molecule has 0 aromatic rings. The second-order valence-corrected chi connectivity index (χ2v) is 6.54. The van der Waals surface area contributed by atoms with Gasteiger partial charge in [-0.15, -0.1) is 0 Å². The van der Waals surface area contributed by atoms with E-state index in [0.29, 0.717) is 12.8 Å². The van der Waals surface area contributed by atoms with Gasteiger partial charge in [0.2, 0.25) is 12.2 Å². The average Bonchev–Trinajstić information content (AvgIpc) is 2.81. The summed E-state index contributed by atoms with van der Waals surface area (Å²) in [5.74, 6) is -2.28. The summed E-state index contributed by atoms with van der Waals surface area (Å²) < 4.78 is 19.7. The van der Waals surface area contributed by atoms with Gasteiger partial charge in [-0.25, -0.2) is 33.8 Å². The Morgan fingerprint density at radius 1 is 1.06 bits per heavy atom. The fraction of sp³-hybridized carbons (Fsp3) is 0.524. The summed E-state index contributed by atoms with van der Waals surface area (Å²) in [5, 5.41) is 2.30. The van der Waals surface area contributed by atoms with Crippen molar-refractivity contribution in [3.8, 4) is 0 Å². The zero-order chi connectivity index (χ0) is 25.8. The number of hydrogen-bond donors (Lipinski definition) is 1. The first-order valence-corrected chi connectivity index (χ1v) is 10.1. The molecule has 2 unspecified atom stereocenters. The van der Waals surface area contributed by atoms with Gasteiger partial charge in [-0.05, 0) is 26.2 Å². The van der Waals surface area contributed by atoms with Gasteiger partial charge in [-0.2, -0.15) is 4.99 Å². The van der Waals surface area contributed by atoms with Gasteiger partial charge < -0.3 is 24.3 Å². The SMILES string of the molecule is C=CC(=O)OCC(COC(=O)C(=C)C)OC(=O)NCCOC(=O)C(CCCCN=C=O)N=C=O. The van der Waals surface area contributed by atoms with Gasteiger partial charge in [0.15, 0.2) is 12.1 Å². The standard InChI is InChI=1S/C21H27N3O10/c1-4-18(27)32-11-16(12-33-19(28)15(2)3)34-21(30)23-9-10-31-20(29)17(24-14-26)7-5-6-8-22-13-25/h4,16-17H,1-2,5-12H2,3H3,(H,23,30). The third-order valence-corrected chi connectivity index (χ3v) is 3.76. The van der Waals surface area contributed by atoms with Crippen LogP contribution in [0.4, 0.5) is 4.79 Å². The Kier molecular flexibility index (Phi) is 16.3. The van der Waals surface area contributed by atoms with E-state index in [1.165, 1.54) is 19.1 Å². The second-order valence-electron chi connectivity index (χ2n) is 6.54. The summed E-state index contributed by atoms with van der Waals surface area (Å²) in [6.07, 6.45) is 2.65. The number of ether oxygens (including phenoxy) is 4. The van der Waals surface area contributed by atoms with E-state index in [9.17, 15) is 28.8 Å². The Bertz CT molecular complexity index is 829. The molecule has 0 aromatic heterocycles. The van der Waals surface area contributed by atoms with Crippen LogP contribution in [-0.4, -0.2) is 81.2 Å². The fourth-order valence-corrected chi connectivity index (χ4v) is 2.11. The normalized spacial score (nSPS) is 11.3. The summed E-state index contributed by atoms with van der Waals surface area (Å²) in [6, 6.07) is -1.07. The Hall–Kier alpha value is -4.08. The molecule has 186 valence electrons. The quantitative estimate of drug-likeness (QED) is 0.0776. The molecule has 0 radical (unpaired) electrons. The monoisotopic (exact) mass is 481 g/mol. The zero-order valence-corrected chi connectivity index (χ0v) is 18.8. The highest BCUT2D eigenvalue weighted by Crippen LogP contribution is 2.07. The molecule has 1 N–H and O–H groups in total. The number of nitrogens with zero attached hydrogens (tertiary/aromatic N) is 2. The first kappa shape index (κ1) is 29.9. The van der Waals surface area contributed by atoms with Gasteiger partial charge in [0.25, 0.3) is 0 Å². The molecule has 0 saturated heterocycles. The minimum absolute atomic E-state index is 0.125. The van der Waals surface area contributed by atoms with Crippen molar-refractivity contribution in [2.45, 2.75) is 38.3 Å². The molecule has 13 heteroatoms. The molecule has 0 rings (SSSR count). The first-order chi connectivity index (χ1) is 16.2. The molecule has 0 aromatic carbocycles. The lowest BCUT2D eigenvalue weighted by Gasteiger charge is -2.18. The van der Waals surface area contributed by atoms with E-state index >= 15 is 0 Å². The fourth-order valence-electron chi connectivity index (χ4n) is 2.11. The number of rotatable bonds is 17. The molecular formula is C21H27N3O10. The molecule has 0 aliphatic rings. The number of aliphatic imine (C=N–C) groups is 2. The van der Waals surface area contributed by atoms with Crippen LogP contribution in [-0.2, 0) is 42.9 Å². The number of hydrogen-bond acceptors (Lipinski definition) is 12. The molecule has 0 fully saturated rings. The van der Waals surface area contributed by atoms with Gasteiger partial charge in [0.05, 0.1) is 13.1 Å². The molecule has 0 aliphatic carbocycles. The second kappa shape index (κ2) is 18.5. The smallest absolute Gasteiger partial charge is 0.407 e. The first-order valence-electron chi connectivity index (χ1n) is 10.1. The van der Waals surface area contributed by atoms with Crippen molar-refractivity contribution < 1.29 is 47.7 Å². The van der Waals surface area contributed by atoms with E-state index in [1.54, 1.807) is 0 Å². The van der Waals surface area contributed by atoms with E-state index in [2.05, 4.69) is 28.5 Å². The maximum atomic E-state index is 12.0. The predicted octanol–water partition coefficient (Wildman–Crippen LogP) is 0.683. The Morgan fingerprint density at radius 3 is 2.38 bits per heavy atom. The van der Waals surface area contributed by atoms with E-state index in [4.69, 9.17) is 18.9 Å². The third-order valence-electron chi connectivity index (χ3n) is 3.76. The van der Waals surface area contributed by atoms with Crippen LogP contribution in [0.2, 0.25) is 0 Å². The summed E-state index contributed by atoms with van der Waals surface area (Å²) in [4.78, 5) is 74.0. The molecular weight excluding hydrogens is 454 g/mol. The number of esters is 3. The summed E-state index contributed by atoms with van der Waals surface area (Å²) >= 11 is 0. The van der Waals surface area contributed by atoms with Crippen LogP contribution in [0, 0.1) is 0 Å². The summed E-state index contributed by atoms with van der Waals surface area (Å²) in [5.41, 5.74) is 0.125. The van der Waals surface area contributed by atoms with Crippen LogP contribution in [0.3, 0.4) is 0 Å². The molecule has 1 amide bonds. The van der Waals surface area contributed by atoms with Gasteiger partial charge >= 0.3 is 24.0 Å². The molecule has 13 nitrogen and oxygen atoms in total. The molecule has 0 spiro atoms. The summed E-state index contributed by atoms with van der Waals surface area (Å²) in [6.45, 7) is 7.11. The highest BCUT2D eigenvalue weighted by Gasteiger charge is 2.21. The number of carbonyl (C=O) groups excluding carboxylic acids is 6. The van der Waals surface area contributed by atoms with Crippen molar-refractivity contribution in [1.29, 1.82) is 0 Å². The minimum Gasteiger partial charge on any atom is -0.462 e. The largest absolute Gasteiger partial charge is 0.462 e. The topological polar surface area (TPSA) is 176 Å². The Balaban J connectivity index is 4.52. The van der Waals surface area contributed by atoms with E-state index in [-0.39, 0.29) is 31.7 Å². The Morgan fingerprint density at radius 2 is 1.76 bits per heavy atom. The van der Waals surface area contributed by atoms with Crippen LogP contribution in [0.15, 0.2) is 34.8 Å². The van der Waals surface area contributed by atoms with Crippen LogP contribution < -0.4 is 5.32 Å². The number of alkyl carbamates (subject to hydrolysis) is 1. The van der Waals surface area contributed by atoms with E-state index in [1.807, 2.05) is 0 Å². The van der Waals surface area contributed by atoms with Crippen LogP contribution >= 0.6 is 0 Å². The highest BCUT2D eigenvalue weighted by atomic mass is 16.6. The average molecular weight is 481 g/mol. The lowest BCUT2D eigenvalue weighted by molar-refractivity contribution is -0.147. The van der Waals surface area contributed by atoms with Crippen molar-refractivity contribution in [2.24, 2.45) is 9.98 Å². The number of nitrogens with one attached hydrogen (secondary N) is 1. The molecule has 0 bridgehead atoms. The maximum absolute atomic E-state index is 12.0. The number of carbonyl (C=O) groups is 4. The lowest BCUT2D eigenvalue weighted by atomic mass is 10.1. The number of isocyanates is 2. The van der Waals surface area contributed by atoms with Crippen molar-refractivity contribution >= 4 is 36.2 Å². The predicted molar refractivity (Wildman–Crippen MR) is 115 cm³/mol. The van der Waals surface area contributed by atoms with Gasteiger partial charge in [0, 0.05) is 11.6 Å². The molecule has 0 heterocycles.